The average molecular weight is 672 g/mol. The Morgan fingerprint density at radius 1 is 0.490 bits per heavy atom. The van der Waals surface area contributed by atoms with Crippen molar-refractivity contribution >= 4 is 75.2 Å². The molecule has 0 aliphatic rings. The minimum atomic E-state index is 0.553. The molecule has 0 aliphatic carbocycles. The van der Waals surface area contributed by atoms with Gasteiger partial charge in [0.25, 0.3) is 0 Å². The van der Waals surface area contributed by atoms with Gasteiger partial charge in [0, 0.05) is 53.0 Å². The van der Waals surface area contributed by atoms with Gasteiger partial charge in [-0.2, -0.15) is 9.97 Å². The predicted molar refractivity (Wildman–Crippen MR) is 208 cm³/mol. The standard InChI is InChI=1S/C44H25N5OS/c1-3-12-27(13-4-1)41-46-42(32-19-11-18-30-29-16-8-10-21-36(29)51-40(30)32)48-44(47-41)49-34-20-9-7-17-31(34)38-35(49)25-23-26-22-24-33-39(37(26)38)50-43(45-33)28-14-5-2-6-15-28/h1-25H. The summed E-state index contributed by atoms with van der Waals surface area (Å²) in [5.41, 5.74) is 6.40. The molecule has 0 aliphatic heterocycles. The molecule has 0 unspecified atom stereocenters. The van der Waals surface area contributed by atoms with Gasteiger partial charge in [0.05, 0.1) is 11.0 Å². The number of oxazole rings is 1. The fraction of sp³-hybridized carbons (Fsp3) is 0. The van der Waals surface area contributed by atoms with E-state index >= 15 is 0 Å². The van der Waals surface area contributed by atoms with E-state index in [0.29, 0.717) is 23.5 Å². The van der Waals surface area contributed by atoms with Crippen molar-refractivity contribution in [3.8, 4) is 40.2 Å². The number of aromatic nitrogens is 5. The minimum absolute atomic E-state index is 0.553. The summed E-state index contributed by atoms with van der Waals surface area (Å²) >= 11 is 1.77. The highest BCUT2D eigenvalue weighted by molar-refractivity contribution is 7.26. The molecule has 4 heterocycles. The zero-order valence-corrected chi connectivity index (χ0v) is 27.8. The Kier molecular flexibility index (Phi) is 6.02. The van der Waals surface area contributed by atoms with Crippen LogP contribution in [-0.4, -0.2) is 24.5 Å². The molecule has 0 saturated carbocycles. The van der Waals surface area contributed by atoms with Crippen molar-refractivity contribution in [1.29, 1.82) is 0 Å². The van der Waals surface area contributed by atoms with Gasteiger partial charge in [0.15, 0.2) is 17.2 Å². The fourth-order valence-corrected chi connectivity index (χ4v) is 8.61. The van der Waals surface area contributed by atoms with Gasteiger partial charge in [-0.05, 0) is 47.9 Å². The van der Waals surface area contributed by atoms with Gasteiger partial charge in [-0.1, -0.05) is 109 Å². The SMILES string of the molecule is c1ccc(-c2nc(-c3cccc4c3sc3ccccc34)nc(-n3c4ccccc4c4c5c(ccc6nc(-c7ccccc7)oc65)ccc43)n2)cc1. The first-order chi connectivity index (χ1) is 25.3. The van der Waals surface area contributed by atoms with E-state index in [1.165, 1.54) is 15.5 Å². The van der Waals surface area contributed by atoms with Gasteiger partial charge in [-0.15, -0.1) is 11.3 Å². The second-order valence-corrected chi connectivity index (χ2v) is 13.7. The Balaban J connectivity index is 1.22. The molecule has 11 rings (SSSR count). The van der Waals surface area contributed by atoms with Crippen LogP contribution in [0.25, 0.3) is 104 Å². The van der Waals surface area contributed by atoms with Crippen molar-refractivity contribution in [2.24, 2.45) is 0 Å². The molecule has 0 atom stereocenters. The third kappa shape index (κ3) is 4.28. The Morgan fingerprint density at radius 2 is 1.20 bits per heavy atom. The van der Waals surface area contributed by atoms with Crippen molar-refractivity contribution in [3.05, 3.63) is 152 Å². The van der Waals surface area contributed by atoms with Crippen LogP contribution in [0.2, 0.25) is 0 Å². The number of nitrogens with zero attached hydrogens (tertiary/aromatic N) is 5. The number of hydrogen-bond donors (Lipinski definition) is 0. The Hall–Kier alpha value is -6.70. The van der Waals surface area contributed by atoms with Crippen LogP contribution in [0.15, 0.2) is 156 Å². The maximum atomic E-state index is 6.60. The molecule has 238 valence electrons. The number of thiophene rings is 1. The molecular weight excluding hydrogens is 647 g/mol. The predicted octanol–water partition coefficient (Wildman–Crippen LogP) is 11.6. The van der Waals surface area contributed by atoms with Crippen LogP contribution in [-0.2, 0) is 0 Å². The van der Waals surface area contributed by atoms with Crippen LogP contribution in [0.5, 0.6) is 0 Å². The van der Waals surface area contributed by atoms with Gasteiger partial charge in [-0.3, -0.25) is 4.57 Å². The van der Waals surface area contributed by atoms with Crippen LogP contribution in [0.3, 0.4) is 0 Å². The van der Waals surface area contributed by atoms with E-state index in [2.05, 4.69) is 89.5 Å². The van der Waals surface area contributed by atoms with Crippen molar-refractivity contribution < 1.29 is 4.42 Å². The molecule has 11 aromatic rings. The van der Waals surface area contributed by atoms with Crippen LogP contribution in [0.4, 0.5) is 0 Å². The summed E-state index contributed by atoms with van der Waals surface area (Å²) in [4.78, 5) is 20.5. The molecule has 4 aromatic heterocycles. The topological polar surface area (TPSA) is 69.6 Å². The van der Waals surface area contributed by atoms with E-state index in [9.17, 15) is 0 Å². The lowest BCUT2D eigenvalue weighted by Gasteiger charge is -2.11. The van der Waals surface area contributed by atoms with Crippen LogP contribution in [0, 0.1) is 0 Å². The zero-order valence-electron chi connectivity index (χ0n) is 27.0. The molecule has 0 saturated heterocycles. The normalized spacial score (nSPS) is 11.9. The quantitative estimate of drug-likeness (QED) is 0.186. The Morgan fingerprint density at radius 3 is 2.06 bits per heavy atom. The van der Waals surface area contributed by atoms with Gasteiger partial charge < -0.3 is 4.42 Å². The van der Waals surface area contributed by atoms with E-state index in [0.717, 1.165) is 65.1 Å². The average Bonchev–Trinajstić information content (AvgIpc) is 3.90. The van der Waals surface area contributed by atoms with Crippen molar-refractivity contribution in [2.45, 2.75) is 0 Å². The Labute approximate surface area is 294 Å². The molecule has 0 N–H and O–H groups in total. The molecular formula is C44H25N5OS. The van der Waals surface area contributed by atoms with E-state index in [1.54, 1.807) is 11.3 Å². The van der Waals surface area contributed by atoms with E-state index in [4.69, 9.17) is 24.4 Å². The van der Waals surface area contributed by atoms with Crippen LogP contribution in [0.1, 0.15) is 0 Å². The third-order valence-corrected chi connectivity index (χ3v) is 10.9. The smallest absolute Gasteiger partial charge is 0.238 e. The van der Waals surface area contributed by atoms with E-state index in [-0.39, 0.29) is 0 Å². The number of fused-ring (bicyclic) bond motifs is 10. The monoisotopic (exact) mass is 671 g/mol. The Bertz CT molecular complexity index is 3140. The van der Waals surface area contributed by atoms with Gasteiger partial charge in [-0.25, -0.2) is 9.97 Å². The second kappa shape index (κ2) is 10.9. The molecule has 0 spiro atoms. The third-order valence-electron chi connectivity index (χ3n) is 9.69. The molecule has 0 bridgehead atoms. The van der Waals surface area contributed by atoms with Gasteiger partial charge >= 0.3 is 0 Å². The lowest BCUT2D eigenvalue weighted by Crippen LogP contribution is -2.06. The molecule has 7 heteroatoms. The van der Waals surface area contributed by atoms with E-state index in [1.807, 2.05) is 66.7 Å². The lowest BCUT2D eigenvalue weighted by molar-refractivity contribution is 0.623. The summed E-state index contributed by atoms with van der Waals surface area (Å²) in [6, 6.07) is 52.1. The fourth-order valence-electron chi connectivity index (χ4n) is 7.40. The number of para-hydroxylation sites is 1. The highest BCUT2D eigenvalue weighted by atomic mass is 32.1. The lowest BCUT2D eigenvalue weighted by atomic mass is 10.0. The largest absolute Gasteiger partial charge is 0.435 e. The number of benzene rings is 7. The van der Waals surface area contributed by atoms with Gasteiger partial charge in [0.1, 0.15) is 5.52 Å². The minimum Gasteiger partial charge on any atom is -0.435 e. The van der Waals surface area contributed by atoms with Crippen molar-refractivity contribution in [2.75, 3.05) is 0 Å². The maximum absolute atomic E-state index is 6.60. The first kappa shape index (κ1) is 28.2. The molecule has 51 heavy (non-hydrogen) atoms. The molecule has 0 radical (unpaired) electrons. The number of hydrogen-bond acceptors (Lipinski definition) is 6. The van der Waals surface area contributed by atoms with Crippen LogP contribution < -0.4 is 0 Å². The summed E-state index contributed by atoms with van der Waals surface area (Å²) < 4.78 is 11.2. The van der Waals surface area contributed by atoms with Gasteiger partial charge in [0.2, 0.25) is 11.8 Å². The summed E-state index contributed by atoms with van der Waals surface area (Å²) in [5.74, 6) is 2.40. The highest BCUT2D eigenvalue weighted by Crippen LogP contribution is 2.42. The summed E-state index contributed by atoms with van der Waals surface area (Å²) in [7, 11) is 0. The maximum Gasteiger partial charge on any atom is 0.238 e. The van der Waals surface area contributed by atoms with E-state index < -0.39 is 0 Å². The molecule has 0 amide bonds. The van der Waals surface area contributed by atoms with Crippen molar-refractivity contribution in [3.63, 3.8) is 0 Å². The molecule has 7 aromatic carbocycles. The first-order valence-electron chi connectivity index (χ1n) is 16.8. The zero-order chi connectivity index (χ0) is 33.5. The molecule has 6 nitrogen and oxygen atoms in total. The summed E-state index contributed by atoms with van der Waals surface area (Å²) in [5, 5.41) is 6.68. The van der Waals surface area contributed by atoms with Crippen molar-refractivity contribution in [1.82, 2.24) is 24.5 Å². The number of rotatable bonds is 4. The summed E-state index contributed by atoms with van der Waals surface area (Å²) in [6.45, 7) is 0. The molecule has 0 fully saturated rings. The first-order valence-corrected chi connectivity index (χ1v) is 17.6. The highest BCUT2D eigenvalue weighted by Gasteiger charge is 2.22. The summed E-state index contributed by atoms with van der Waals surface area (Å²) in [6.07, 6.45) is 0. The van der Waals surface area contributed by atoms with Crippen LogP contribution >= 0.6 is 11.3 Å². The second-order valence-electron chi connectivity index (χ2n) is 12.6.